The van der Waals surface area contributed by atoms with Crippen LogP contribution in [0, 0.1) is 5.92 Å². The molecule has 0 aliphatic carbocycles. The molecule has 0 atom stereocenters. The molecular weight excluding hydrogens is 326 g/mol. The van der Waals surface area contributed by atoms with Crippen LogP contribution in [0.15, 0.2) is 24.3 Å². The molecule has 0 unspecified atom stereocenters. The summed E-state index contributed by atoms with van der Waals surface area (Å²) in [5.41, 5.74) is 1.47. The van der Waals surface area contributed by atoms with Crippen molar-refractivity contribution in [1.29, 1.82) is 0 Å². The topological polar surface area (TPSA) is 78.5 Å². The maximum absolute atomic E-state index is 12.0. The van der Waals surface area contributed by atoms with Crippen LogP contribution in [-0.4, -0.2) is 40.8 Å². The number of anilines is 1. The van der Waals surface area contributed by atoms with Crippen molar-refractivity contribution in [3.63, 3.8) is 0 Å². The Hall–Kier alpha value is -2.02. The van der Waals surface area contributed by atoms with Gasteiger partial charge in [0.2, 0.25) is 11.8 Å². The minimum atomic E-state index is -0.379. The van der Waals surface area contributed by atoms with Gasteiger partial charge < -0.3 is 10.6 Å². The lowest BCUT2D eigenvalue weighted by Gasteiger charge is -2.13. The van der Waals surface area contributed by atoms with Crippen LogP contribution in [0.25, 0.3) is 0 Å². The van der Waals surface area contributed by atoms with Crippen LogP contribution in [0.5, 0.6) is 0 Å². The van der Waals surface area contributed by atoms with Gasteiger partial charge in [-0.25, -0.2) is 4.79 Å². The normalized spacial score (nSPS) is 14.2. The predicted molar refractivity (Wildman–Crippen MR) is 95.8 cm³/mol. The van der Waals surface area contributed by atoms with Crippen LogP contribution < -0.4 is 10.6 Å². The van der Waals surface area contributed by atoms with Gasteiger partial charge in [-0.3, -0.25) is 14.5 Å². The van der Waals surface area contributed by atoms with Gasteiger partial charge in [0.1, 0.15) is 0 Å². The first-order chi connectivity index (χ1) is 11.5. The molecule has 0 bridgehead atoms. The number of rotatable bonds is 8. The first-order valence-corrected chi connectivity index (χ1v) is 9.16. The molecule has 1 aliphatic heterocycles. The number of benzene rings is 1. The van der Waals surface area contributed by atoms with Crippen LogP contribution in [0.2, 0.25) is 0 Å². The maximum Gasteiger partial charge on any atom is 0.324 e. The average molecular weight is 349 g/mol. The summed E-state index contributed by atoms with van der Waals surface area (Å²) < 4.78 is 0. The minimum Gasteiger partial charge on any atom is -0.329 e. The van der Waals surface area contributed by atoms with E-state index in [0.29, 0.717) is 17.4 Å². The highest BCUT2D eigenvalue weighted by atomic mass is 32.2. The average Bonchev–Trinajstić information content (AvgIpc) is 2.84. The molecule has 1 heterocycles. The number of amides is 4. The molecule has 1 aromatic rings. The summed E-state index contributed by atoms with van der Waals surface area (Å²) in [4.78, 5) is 36.3. The van der Waals surface area contributed by atoms with Gasteiger partial charge in [0.05, 0.1) is 18.8 Å². The Morgan fingerprint density at radius 1 is 1.38 bits per heavy atom. The number of hydrogen-bond acceptors (Lipinski definition) is 4. The first kappa shape index (κ1) is 18.3. The molecule has 0 spiro atoms. The summed E-state index contributed by atoms with van der Waals surface area (Å²) in [6.07, 6.45) is 1.10. The summed E-state index contributed by atoms with van der Waals surface area (Å²) in [6.45, 7) is 4.58. The molecule has 1 aromatic carbocycles. The van der Waals surface area contributed by atoms with Crippen molar-refractivity contribution < 1.29 is 14.4 Å². The van der Waals surface area contributed by atoms with E-state index in [9.17, 15) is 14.4 Å². The molecule has 130 valence electrons. The Balaban J connectivity index is 1.85. The fourth-order valence-electron chi connectivity index (χ4n) is 2.23. The summed E-state index contributed by atoms with van der Waals surface area (Å²) in [5.74, 6) is 1.75. The molecule has 1 aliphatic rings. The van der Waals surface area contributed by atoms with E-state index in [2.05, 4.69) is 24.5 Å². The van der Waals surface area contributed by atoms with Crippen molar-refractivity contribution in [1.82, 2.24) is 10.2 Å². The van der Waals surface area contributed by atoms with Crippen LogP contribution >= 0.6 is 11.8 Å². The molecule has 0 aromatic heterocycles. The zero-order chi connectivity index (χ0) is 17.5. The third kappa shape index (κ3) is 5.56. The van der Waals surface area contributed by atoms with E-state index in [1.807, 2.05) is 6.07 Å². The highest BCUT2D eigenvalue weighted by molar-refractivity contribution is 7.99. The van der Waals surface area contributed by atoms with Crippen molar-refractivity contribution >= 4 is 35.3 Å². The van der Waals surface area contributed by atoms with Crippen molar-refractivity contribution in [2.24, 2.45) is 5.92 Å². The lowest BCUT2D eigenvalue weighted by atomic mass is 10.2. The SMILES string of the molecule is CC(C)CCSCC(=O)Nc1cccc(CN2C(=O)CNC2=O)c1. The summed E-state index contributed by atoms with van der Waals surface area (Å²) in [7, 11) is 0. The smallest absolute Gasteiger partial charge is 0.324 e. The number of imide groups is 1. The van der Waals surface area contributed by atoms with Crippen LogP contribution in [0.1, 0.15) is 25.8 Å². The van der Waals surface area contributed by atoms with Gasteiger partial charge in [0.25, 0.3) is 0 Å². The third-order valence-electron chi connectivity index (χ3n) is 3.56. The molecule has 1 saturated heterocycles. The van der Waals surface area contributed by atoms with Gasteiger partial charge in [0, 0.05) is 5.69 Å². The summed E-state index contributed by atoms with van der Waals surface area (Å²) in [6, 6.07) is 6.83. The van der Waals surface area contributed by atoms with E-state index in [-0.39, 0.29) is 30.9 Å². The quantitative estimate of drug-likeness (QED) is 0.558. The predicted octanol–water partition coefficient (Wildman–Crippen LogP) is 2.46. The van der Waals surface area contributed by atoms with Crippen molar-refractivity contribution in [3.8, 4) is 0 Å². The standard InChI is InChI=1S/C17H23N3O3S/c1-12(2)6-7-24-11-15(21)19-14-5-3-4-13(8-14)10-20-16(22)9-18-17(20)23/h3-5,8,12H,6-7,9-11H2,1-2H3,(H,18,23)(H,19,21). The van der Waals surface area contributed by atoms with Gasteiger partial charge in [0.15, 0.2) is 0 Å². The van der Waals surface area contributed by atoms with Gasteiger partial charge in [-0.15, -0.1) is 0 Å². The Bertz CT molecular complexity index is 603. The van der Waals surface area contributed by atoms with E-state index in [1.165, 1.54) is 4.90 Å². The van der Waals surface area contributed by atoms with Crippen LogP contribution in [0.4, 0.5) is 10.5 Å². The van der Waals surface area contributed by atoms with Crippen LogP contribution in [-0.2, 0) is 16.1 Å². The number of nitrogens with one attached hydrogen (secondary N) is 2. The molecule has 0 saturated carbocycles. The largest absolute Gasteiger partial charge is 0.329 e. The van der Waals surface area contributed by atoms with E-state index in [1.54, 1.807) is 30.0 Å². The number of hydrogen-bond donors (Lipinski definition) is 2. The van der Waals surface area contributed by atoms with Crippen molar-refractivity contribution in [3.05, 3.63) is 29.8 Å². The number of thioether (sulfide) groups is 1. The Kier molecular flexibility index (Phi) is 6.66. The lowest BCUT2D eigenvalue weighted by molar-refractivity contribution is -0.125. The first-order valence-electron chi connectivity index (χ1n) is 8.00. The Labute approximate surface area is 146 Å². The molecule has 4 amide bonds. The second kappa shape index (κ2) is 8.73. The third-order valence-corrected chi connectivity index (χ3v) is 4.55. The molecule has 6 nitrogen and oxygen atoms in total. The second-order valence-electron chi connectivity index (χ2n) is 6.12. The highest BCUT2D eigenvalue weighted by Crippen LogP contribution is 2.15. The fraction of sp³-hybridized carbons (Fsp3) is 0.471. The zero-order valence-electron chi connectivity index (χ0n) is 14.0. The molecule has 1 fully saturated rings. The molecule has 0 radical (unpaired) electrons. The number of carbonyl (C=O) groups is 3. The molecule has 7 heteroatoms. The van der Waals surface area contributed by atoms with E-state index in [0.717, 1.165) is 17.7 Å². The van der Waals surface area contributed by atoms with Crippen molar-refractivity contribution in [2.45, 2.75) is 26.8 Å². The second-order valence-corrected chi connectivity index (χ2v) is 7.23. The number of carbonyl (C=O) groups excluding carboxylic acids is 3. The Morgan fingerprint density at radius 2 is 2.17 bits per heavy atom. The van der Waals surface area contributed by atoms with Gasteiger partial charge in [-0.1, -0.05) is 26.0 Å². The molecule has 24 heavy (non-hydrogen) atoms. The zero-order valence-corrected chi connectivity index (χ0v) is 14.8. The summed E-state index contributed by atoms with van der Waals surface area (Å²) >= 11 is 1.62. The van der Waals surface area contributed by atoms with Crippen LogP contribution in [0.3, 0.4) is 0 Å². The van der Waals surface area contributed by atoms with E-state index in [4.69, 9.17) is 0 Å². The highest BCUT2D eigenvalue weighted by Gasteiger charge is 2.28. The number of nitrogens with zero attached hydrogens (tertiary/aromatic N) is 1. The lowest BCUT2D eigenvalue weighted by Crippen LogP contribution is -2.30. The summed E-state index contributed by atoms with van der Waals surface area (Å²) in [5, 5.41) is 5.34. The fourth-order valence-corrected chi connectivity index (χ4v) is 3.27. The minimum absolute atomic E-state index is 0.0445. The Morgan fingerprint density at radius 3 is 2.83 bits per heavy atom. The maximum atomic E-state index is 12.0. The van der Waals surface area contributed by atoms with Gasteiger partial charge in [-0.2, -0.15) is 11.8 Å². The van der Waals surface area contributed by atoms with Gasteiger partial charge in [-0.05, 0) is 35.8 Å². The molecule has 2 N–H and O–H groups in total. The number of urea groups is 1. The van der Waals surface area contributed by atoms with Gasteiger partial charge >= 0.3 is 6.03 Å². The molecule has 2 rings (SSSR count). The van der Waals surface area contributed by atoms with E-state index < -0.39 is 0 Å². The molecular formula is C17H23N3O3S. The van der Waals surface area contributed by atoms with E-state index >= 15 is 0 Å². The van der Waals surface area contributed by atoms with Crippen molar-refractivity contribution in [2.75, 3.05) is 23.4 Å². The monoisotopic (exact) mass is 349 g/mol.